The number of benzene rings is 1. The van der Waals surface area contributed by atoms with Gasteiger partial charge in [-0.15, -0.1) is 0 Å². The Morgan fingerprint density at radius 2 is 1.68 bits per heavy atom. The first-order chi connectivity index (χ1) is 8.84. The minimum atomic E-state index is -1.32. The second-order valence-corrected chi connectivity index (χ2v) is 4.60. The van der Waals surface area contributed by atoms with E-state index in [0.29, 0.717) is 0 Å². The van der Waals surface area contributed by atoms with Crippen molar-refractivity contribution < 1.29 is 24.6 Å². The molecule has 2 N–H and O–H groups in total. The molecule has 1 fully saturated rings. The minimum absolute atomic E-state index is 0.168. The van der Waals surface area contributed by atoms with E-state index in [9.17, 15) is 19.5 Å². The summed E-state index contributed by atoms with van der Waals surface area (Å²) in [4.78, 5) is 35.9. The Labute approximate surface area is 109 Å². The standard InChI is InChI=1S/C13H13NO5/c1-6-7(2)12(17)14(11(6)16)8-3-4-10(15)9(5-8)13(18)19/h3-7,15H,1-2H3,(H,18,19). The SMILES string of the molecule is CC1C(=O)N(c2ccc(O)c(C(=O)O)c2)C(=O)C1C. The van der Waals surface area contributed by atoms with Crippen LogP contribution in [0.3, 0.4) is 0 Å². The average molecular weight is 263 g/mol. The molecular formula is C13H13NO5. The third kappa shape index (κ3) is 1.95. The maximum Gasteiger partial charge on any atom is 0.339 e. The molecule has 0 radical (unpaired) electrons. The highest BCUT2D eigenvalue weighted by Gasteiger charge is 2.43. The number of aromatic carboxylic acids is 1. The van der Waals surface area contributed by atoms with Gasteiger partial charge in [0, 0.05) is 11.8 Å². The number of carbonyl (C=O) groups excluding carboxylic acids is 2. The lowest BCUT2D eigenvalue weighted by molar-refractivity contribution is -0.122. The average Bonchev–Trinajstić information content (AvgIpc) is 2.55. The summed E-state index contributed by atoms with van der Waals surface area (Å²) in [5.74, 6) is -3.32. The highest BCUT2D eigenvalue weighted by Crippen LogP contribution is 2.32. The summed E-state index contributed by atoms with van der Waals surface area (Å²) in [6.45, 7) is 3.31. The van der Waals surface area contributed by atoms with Crippen molar-refractivity contribution in [3.8, 4) is 5.75 Å². The normalized spacial score (nSPS) is 22.9. The summed E-state index contributed by atoms with van der Waals surface area (Å²) in [7, 11) is 0. The first kappa shape index (κ1) is 13.1. The van der Waals surface area contributed by atoms with Crippen molar-refractivity contribution in [2.45, 2.75) is 13.8 Å². The lowest BCUT2D eigenvalue weighted by Crippen LogP contribution is -2.30. The van der Waals surface area contributed by atoms with E-state index in [1.54, 1.807) is 13.8 Å². The number of hydrogen-bond donors (Lipinski definition) is 2. The molecule has 19 heavy (non-hydrogen) atoms. The predicted molar refractivity (Wildman–Crippen MR) is 65.9 cm³/mol. The molecule has 2 amide bonds. The number of carboxylic acid groups (broad SMARTS) is 1. The Hall–Kier alpha value is -2.37. The molecule has 1 aliphatic rings. The van der Waals surface area contributed by atoms with Gasteiger partial charge in [-0.3, -0.25) is 14.5 Å². The van der Waals surface area contributed by atoms with Gasteiger partial charge in [0.15, 0.2) is 0 Å². The molecule has 1 aromatic carbocycles. The second-order valence-electron chi connectivity index (χ2n) is 4.60. The fourth-order valence-corrected chi connectivity index (χ4v) is 2.03. The van der Waals surface area contributed by atoms with Crippen molar-refractivity contribution in [2.24, 2.45) is 11.8 Å². The Morgan fingerprint density at radius 3 is 2.16 bits per heavy atom. The van der Waals surface area contributed by atoms with Crippen molar-refractivity contribution >= 4 is 23.5 Å². The highest BCUT2D eigenvalue weighted by molar-refractivity contribution is 6.22. The van der Waals surface area contributed by atoms with Crippen molar-refractivity contribution in [1.29, 1.82) is 0 Å². The van der Waals surface area contributed by atoms with Crippen LogP contribution in [0.2, 0.25) is 0 Å². The van der Waals surface area contributed by atoms with Crippen molar-refractivity contribution in [3.05, 3.63) is 23.8 Å². The van der Waals surface area contributed by atoms with Crippen LogP contribution in [0.5, 0.6) is 5.75 Å². The van der Waals surface area contributed by atoms with Gasteiger partial charge in [0.2, 0.25) is 11.8 Å². The summed E-state index contributed by atoms with van der Waals surface area (Å²) in [5, 5.41) is 18.3. The summed E-state index contributed by atoms with van der Waals surface area (Å²) in [5.41, 5.74) is -0.174. The number of hydrogen-bond acceptors (Lipinski definition) is 4. The zero-order valence-corrected chi connectivity index (χ0v) is 10.5. The van der Waals surface area contributed by atoms with Crippen LogP contribution in [-0.2, 0) is 9.59 Å². The molecule has 1 aromatic rings. The quantitative estimate of drug-likeness (QED) is 0.783. The zero-order chi connectivity index (χ0) is 14.3. The van der Waals surface area contributed by atoms with Gasteiger partial charge >= 0.3 is 5.97 Å². The van der Waals surface area contributed by atoms with Crippen LogP contribution >= 0.6 is 0 Å². The van der Waals surface area contributed by atoms with E-state index in [1.807, 2.05) is 0 Å². The fraction of sp³-hybridized carbons (Fsp3) is 0.308. The van der Waals surface area contributed by atoms with Gasteiger partial charge in [-0.1, -0.05) is 13.8 Å². The van der Waals surface area contributed by atoms with Crippen LogP contribution in [0.25, 0.3) is 0 Å². The van der Waals surface area contributed by atoms with Gasteiger partial charge in [-0.25, -0.2) is 4.79 Å². The smallest absolute Gasteiger partial charge is 0.339 e. The van der Waals surface area contributed by atoms with Gasteiger partial charge in [0.1, 0.15) is 11.3 Å². The topological polar surface area (TPSA) is 94.9 Å². The van der Waals surface area contributed by atoms with E-state index in [4.69, 9.17) is 5.11 Å². The van der Waals surface area contributed by atoms with Crippen LogP contribution in [0, 0.1) is 11.8 Å². The molecule has 100 valence electrons. The number of carboxylic acids is 1. The summed E-state index contributed by atoms with van der Waals surface area (Å²) in [6.07, 6.45) is 0. The Kier molecular flexibility index (Phi) is 3.01. The van der Waals surface area contributed by atoms with Crippen LogP contribution in [0.1, 0.15) is 24.2 Å². The van der Waals surface area contributed by atoms with E-state index in [1.165, 1.54) is 6.07 Å². The molecule has 1 saturated heterocycles. The van der Waals surface area contributed by atoms with Crippen LogP contribution in [0.15, 0.2) is 18.2 Å². The molecule has 0 saturated carbocycles. The van der Waals surface area contributed by atoms with Crippen LogP contribution in [0.4, 0.5) is 5.69 Å². The summed E-state index contributed by atoms with van der Waals surface area (Å²) < 4.78 is 0. The molecular weight excluding hydrogens is 250 g/mol. The molecule has 1 heterocycles. The summed E-state index contributed by atoms with van der Waals surface area (Å²) >= 11 is 0. The number of nitrogens with zero attached hydrogens (tertiary/aromatic N) is 1. The first-order valence-corrected chi connectivity index (χ1v) is 5.78. The molecule has 0 aliphatic carbocycles. The van der Waals surface area contributed by atoms with E-state index >= 15 is 0 Å². The van der Waals surface area contributed by atoms with Gasteiger partial charge in [0.05, 0.1) is 5.69 Å². The maximum atomic E-state index is 12.0. The second kappa shape index (κ2) is 4.38. The van der Waals surface area contributed by atoms with E-state index in [-0.39, 0.29) is 23.1 Å². The lowest BCUT2D eigenvalue weighted by Gasteiger charge is -2.15. The third-order valence-corrected chi connectivity index (χ3v) is 3.44. The molecule has 0 bridgehead atoms. The van der Waals surface area contributed by atoms with Gasteiger partial charge in [-0.05, 0) is 18.2 Å². The summed E-state index contributed by atoms with van der Waals surface area (Å²) in [6, 6.07) is 3.63. The van der Waals surface area contributed by atoms with E-state index in [2.05, 4.69) is 0 Å². The molecule has 1 aliphatic heterocycles. The molecule has 6 heteroatoms. The molecule has 2 rings (SSSR count). The first-order valence-electron chi connectivity index (χ1n) is 5.78. The maximum absolute atomic E-state index is 12.0. The number of imide groups is 1. The third-order valence-electron chi connectivity index (χ3n) is 3.44. The molecule has 0 aromatic heterocycles. The van der Waals surface area contributed by atoms with E-state index in [0.717, 1.165) is 17.0 Å². The van der Waals surface area contributed by atoms with Gasteiger partial charge in [-0.2, -0.15) is 0 Å². The predicted octanol–water partition coefficient (Wildman–Crippen LogP) is 1.24. The number of phenols is 1. The minimum Gasteiger partial charge on any atom is -0.507 e. The largest absolute Gasteiger partial charge is 0.507 e. The number of amides is 2. The van der Waals surface area contributed by atoms with E-state index < -0.39 is 23.6 Å². The number of anilines is 1. The molecule has 0 spiro atoms. The fourth-order valence-electron chi connectivity index (χ4n) is 2.03. The molecule has 2 atom stereocenters. The highest BCUT2D eigenvalue weighted by atomic mass is 16.4. The number of aromatic hydroxyl groups is 1. The Bertz CT molecular complexity index is 560. The molecule has 6 nitrogen and oxygen atoms in total. The van der Waals surface area contributed by atoms with Crippen LogP contribution in [-0.4, -0.2) is 28.0 Å². The zero-order valence-electron chi connectivity index (χ0n) is 10.5. The van der Waals surface area contributed by atoms with Gasteiger partial charge in [0.25, 0.3) is 0 Å². The van der Waals surface area contributed by atoms with Crippen molar-refractivity contribution in [2.75, 3.05) is 4.90 Å². The van der Waals surface area contributed by atoms with Gasteiger partial charge < -0.3 is 10.2 Å². The number of carbonyl (C=O) groups is 3. The van der Waals surface area contributed by atoms with Crippen molar-refractivity contribution in [3.63, 3.8) is 0 Å². The Morgan fingerprint density at radius 1 is 1.16 bits per heavy atom. The Balaban J connectivity index is 2.48. The molecule has 2 unspecified atom stereocenters. The van der Waals surface area contributed by atoms with Crippen molar-refractivity contribution in [1.82, 2.24) is 0 Å². The van der Waals surface area contributed by atoms with Crippen LogP contribution < -0.4 is 4.90 Å². The lowest BCUT2D eigenvalue weighted by atomic mass is 10.00. The monoisotopic (exact) mass is 263 g/mol. The number of rotatable bonds is 2.